The highest BCUT2D eigenvalue weighted by Crippen LogP contribution is 2.20. The molecule has 1 aromatic rings. The Balaban J connectivity index is 1.76. The molecule has 1 amide bonds. The van der Waals surface area contributed by atoms with E-state index in [9.17, 15) is 4.79 Å². The van der Waals surface area contributed by atoms with Crippen LogP contribution in [0, 0.1) is 5.92 Å². The second-order valence-electron chi connectivity index (χ2n) is 5.92. The maximum atomic E-state index is 11.9. The second-order valence-corrected chi connectivity index (χ2v) is 5.92. The summed E-state index contributed by atoms with van der Waals surface area (Å²) in [5, 5.41) is 0. The minimum absolute atomic E-state index is 0.254. The van der Waals surface area contributed by atoms with E-state index in [1.165, 1.54) is 0 Å². The van der Waals surface area contributed by atoms with Gasteiger partial charge in [-0.25, -0.2) is 14.8 Å². The third kappa shape index (κ3) is 4.36. The average Bonchev–Trinajstić information content (AvgIpc) is 2.84. The van der Waals surface area contributed by atoms with Gasteiger partial charge in [0.05, 0.1) is 6.61 Å². The number of nitrogens with zero attached hydrogens (tertiary/aromatic N) is 3. The highest BCUT2D eigenvalue weighted by molar-refractivity contribution is 5.68. The van der Waals surface area contributed by atoms with E-state index < -0.39 is 5.60 Å². The van der Waals surface area contributed by atoms with Crippen LogP contribution in [0.2, 0.25) is 0 Å². The van der Waals surface area contributed by atoms with Crippen molar-refractivity contribution in [3.63, 3.8) is 0 Å². The van der Waals surface area contributed by atoms with Gasteiger partial charge < -0.3 is 14.4 Å². The summed E-state index contributed by atoms with van der Waals surface area (Å²) in [6.07, 6.45) is 3.94. The van der Waals surface area contributed by atoms with E-state index in [1.54, 1.807) is 23.4 Å². The fourth-order valence-electron chi connectivity index (χ4n) is 2.01. The van der Waals surface area contributed by atoms with Gasteiger partial charge in [-0.3, -0.25) is 0 Å². The van der Waals surface area contributed by atoms with Crippen molar-refractivity contribution in [2.24, 2.45) is 5.92 Å². The third-order valence-corrected chi connectivity index (χ3v) is 2.93. The molecule has 0 spiro atoms. The molecule has 0 radical (unpaired) electrons. The molecule has 1 saturated heterocycles. The van der Waals surface area contributed by atoms with Crippen molar-refractivity contribution in [3.05, 3.63) is 18.5 Å². The summed E-state index contributed by atoms with van der Waals surface area (Å²) in [5.41, 5.74) is -0.455. The van der Waals surface area contributed by atoms with Crippen LogP contribution in [0.3, 0.4) is 0 Å². The minimum Gasteiger partial charge on any atom is -0.463 e. The first-order valence-electron chi connectivity index (χ1n) is 6.82. The molecule has 1 aliphatic heterocycles. The van der Waals surface area contributed by atoms with Crippen molar-refractivity contribution in [2.45, 2.75) is 32.8 Å². The predicted molar refractivity (Wildman–Crippen MR) is 73.4 cm³/mol. The number of likely N-dealkylation sites (tertiary alicyclic amines) is 1. The summed E-state index contributed by atoms with van der Waals surface area (Å²) < 4.78 is 10.9. The van der Waals surface area contributed by atoms with Gasteiger partial charge in [0.1, 0.15) is 5.60 Å². The Kier molecular flexibility index (Phi) is 4.42. The summed E-state index contributed by atoms with van der Waals surface area (Å²) in [5.74, 6) is 0.298. The molecular weight excluding hydrogens is 258 g/mol. The normalized spacial score (nSPS) is 18.9. The maximum absolute atomic E-state index is 11.9. The predicted octanol–water partition coefficient (Wildman–Crippen LogP) is 2.11. The Morgan fingerprint density at radius 2 is 2.10 bits per heavy atom. The molecule has 6 nitrogen and oxygen atoms in total. The van der Waals surface area contributed by atoms with Crippen molar-refractivity contribution in [1.82, 2.24) is 14.9 Å². The molecule has 0 N–H and O–H groups in total. The first-order chi connectivity index (χ1) is 9.44. The van der Waals surface area contributed by atoms with Gasteiger partial charge in [-0.2, -0.15) is 0 Å². The quantitative estimate of drug-likeness (QED) is 0.848. The molecule has 0 saturated carbocycles. The molecule has 6 heteroatoms. The molecule has 1 fully saturated rings. The highest BCUT2D eigenvalue weighted by atomic mass is 16.6. The molecule has 2 rings (SSSR count). The van der Waals surface area contributed by atoms with Gasteiger partial charge in [-0.1, -0.05) is 0 Å². The number of hydrogen-bond acceptors (Lipinski definition) is 5. The van der Waals surface area contributed by atoms with Crippen LogP contribution in [-0.4, -0.2) is 46.3 Å². The van der Waals surface area contributed by atoms with Crippen molar-refractivity contribution in [3.8, 4) is 6.01 Å². The first kappa shape index (κ1) is 14.6. The summed E-state index contributed by atoms with van der Waals surface area (Å²) in [4.78, 5) is 21.7. The van der Waals surface area contributed by atoms with E-state index in [1.807, 2.05) is 20.8 Å². The van der Waals surface area contributed by atoms with Crippen LogP contribution in [0.4, 0.5) is 4.79 Å². The van der Waals surface area contributed by atoms with E-state index >= 15 is 0 Å². The lowest BCUT2D eigenvalue weighted by molar-refractivity contribution is 0.0284. The number of amides is 1. The lowest BCUT2D eigenvalue weighted by Gasteiger charge is -2.24. The Labute approximate surface area is 119 Å². The van der Waals surface area contributed by atoms with Gasteiger partial charge in [-0.15, -0.1) is 0 Å². The number of rotatable bonds is 3. The highest BCUT2D eigenvalue weighted by Gasteiger charge is 2.30. The molecule has 0 unspecified atom stereocenters. The molecule has 0 aromatic carbocycles. The largest absolute Gasteiger partial charge is 0.463 e. The van der Waals surface area contributed by atoms with Crippen LogP contribution >= 0.6 is 0 Å². The van der Waals surface area contributed by atoms with Crippen molar-refractivity contribution < 1.29 is 14.3 Å². The minimum atomic E-state index is -0.455. The van der Waals surface area contributed by atoms with E-state index in [0.29, 0.717) is 31.6 Å². The summed E-state index contributed by atoms with van der Waals surface area (Å²) >= 11 is 0. The van der Waals surface area contributed by atoms with Crippen LogP contribution < -0.4 is 4.74 Å². The van der Waals surface area contributed by atoms with Crippen LogP contribution in [0.25, 0.3) is 0 Å². The smallest absolute Gasteiger partial charge is 0.410 e. The summed E-state index contributed by atoms with van der Waals surface area (Å²) in [7, 11) is 0. The maximum Gasteiger partial charge on any atom is 0.410 e. The van der Waals surface area contributed by atoms with Gasteiger partial charge in [0, 0.05) is 31.4 Å². The van der Waals surface area contributed by atoms with Gasteiger partial charge >= 0.3 is 12.1 Å². The molecule has 0 aliphatic carbocycles. The fourth-order valence-corrected chi connectivity index (χ4v) is 2.01. The average molecular weight is 279 g/mol. The van der Waals surface area contributed by atoms with Gasteiger partial charge in [0.2, 0.25) is 0 Å². The number of hydrogen-bond donors (Lipinski definition) is 0. The van der Waals surface area contributed by atoms with E-state index in [4.69, 9.17) is 9.47 Å². The van der Waals surface area contributed by atoms with Crippen LogP contribution in [0.15, 0.2) is 18.5 Å². The van der Waals surface area contributed by atoms with Crippen LogP contribution in [0.1, 0.15) is 27.2 Å². The molecule has 1 aliphatic rings. The zero-order valence-corrected chi connectivity index (χ0v) is 12.2. The Bertz CT molecular complexity index is 445. The summed E-state index contributed by atoms with van der Waals surface area (Å²) in [6.45, 7) is 7.49. The Morgan fingerprint density at radius 3 is 2.75 bits per heavy atom. The monoisotopic (exact) mass is 279 g/mol. The zero-order valence-electron chi connectivity index (χ0n) is 12.2. The van der Waals surface area contributed by atoms with Crippen molar-refractivity contribution in [1.29, 1.82) is 0 Å². The zero-order chi connectivity index (χ0) is 14.6. The number of ether oxygens (including phenoxy) is 2. The molecule has 1 atom stereocenters. The molecule has 20 heavy (non-hydrogen) atoms. The number of aromatic nitrogens is 2. The molecular formula is C14H21N3O3. The first-order valence-corrected chi connectivity index (χ1v) is 6.82. The molecule has 0 bridgehead atoms. The van der Waals surface area contributed by atoms with Crippen LogP contribution in [0.5, 0.6) is 6.01 Å². The standard InChI is InChI=1S/C14H21N3O3/c1-14(2,3)20-13(18)17-8-5-11(9-17)10-19-12-15-6-4-7-16-12/h4,6-7,11H,5,8-10H2,1-3H3/t11-/m1/s1. The lowest BCUT2D eigenvalue weighted by atomic mass is 10.1. The summed E-state index contributed by atoms with van der Waals surface area (Å²) in [6, 6.07) is 2.12. The van der Waals surface area contributed by atoms with Crippen molar-refractivity contribution >= 4 is 6.09 Å². The molecule has 110 valence electrons. The van der Waals surface area contributed by atoms with Crippen LogP contribution in [-0.2, 0) is 4.74 Å². The fraction of sp³-hybridized carbons (Fsp3) is 0.643. The van der Waals surface area contributed by atoms with Gasteiger partial charge in [0.15, 0.2) is 0 Å². The van der Waals surface area contributed by atoms with Gasteiger partial charge in [0.25, 0.3) is 0 Å². The van der Waals surface area contributed by atoms with Crippen molar-refractivity contribution in [2.75, 3.05) is 19.7 Å². The lowest BCUT2D eigenvalue weighted by Crippen LogP contribution is -2.35. The third-order valence-electron chi connectivity index (χ3n) is 2.93. The van der Waals surface area contributed by atoms with E-state index in [-0.39, 0.29) is 6.09 Å². The topological polar surface area (TPSA) is 64.5 Å². The number of carbonyl (C=O) groups is 1. The molecule has 1 aromatic heterocycles. The Morgan fingerprint density at radius 1 is 1.40 bits per heavy atom. The second kappa shape index (κ2) is 6.07. The molecule has 2 heterocycles. The van der Waals surface area contributed by atoms with Gasteiger partial charge in [-0.05, 0) is 33.3 Å². The SMILES string of the molecule is CC(C)(C)OC(=O)N1CC[C@@H](COc2ncccn2)C1. The number of carbonyl (C=O) groups excluding carboxylic acids is 1. The Hall–Kier alpha value is -1.85. The van der Waals surface area contributed by atoms with E-state index in [2.05, 4.69) is 9.97 Å². The van der Waals surface area contributed by atoms with E-state index in [0.717, 1.165) is 6.42 Å².